The van der Waals surface area contributed by atoms with Crippen LogP contribution < -0.4 is 10.2 Å². The van der Waals surface area contributed by atoms with Crippen LogP contribution in [0.25, 0.3) is 0 Å². The quantitative estimate of drug-likeness (QED) is 0.771. The van der Waals surface area contributed by atoms with Crippen molar-refractivity contribution in [3.63, 3.8) is 0 Å². The molecule has 0 bridgehead atoms. The third-order valence-electron chi connectivity index (χ3n) is 5.10. The molecule has 0 aromatic heterocycles. The molecule has 0 radical (unpaired) electrons. The number of imide groups is 1. The van der Waals surface area contributed by atoms with Crippen LogP contribution in [0.3, 0.4) is 0 Å². The predicted molar refractivity (Wildman–Crippen MR) is 100 cm³/mol. The zero-order valence-electron chi connectivity index (χ0n) is 15.0. The van der Waals surface area contributed by atoms with E-state index < -0.39 is 0 Å². The zero-order valence-corrected chi connectivity index (χ0v) is 15.7. The molecule has 26 heavy (non-hydrogen) atoms. The molecule has 1 atom stereocenters. The second-order valence-electron chi connectivity index (χ2n) is 7.02. The van der Waals surface area contributed by atoms with Crippen LogP contribution in [0.2, 0.25) is 5.02 Å². The number of nitrogens with zero attached hydrogens (tertiary/aromatic N) is 2. The third kappa shape index (κ3) is 4.36. The number of amides is 3. The van der Waals surface area contributed by atoms with Gasteiger partial charge in [-0.05, 0) is 37.0 Å². The van der Waals surface area contributed by atoms with E-state index in [2.05, 4.69) is 17.1 Å². The van der Waals surface area contributed by atoms with Crippen molar-refractivity contribution in [2.75, 3.05) is 31.1 Å². The maximum atomic E-state index is 12.0. The van der Waals surface area contributed by atoms with Crippen molar-refractivity contribution in [1.82, 2.24) is 10.2 Å². The van der Waals surface area contributed by atoms with E-state index >= 15 is 0 Å². The minimum Gasteiger partial charge on any atom is -0.371 e. The zero-order chi connectivity index (χ0) is 18.7. The molecule has 140 valence electrons. The molecule has 2 saturated heterocycles. The number of likely N-dealkylation sites (tertiary alicyclic amines) is 1. The van der Waals surface area contributed by atoms with Gasteiger partial charge in [0, 0.05) is 56.2 Å². The highest BCUT2D eigenvalue weighted by atomic mass is 35.5. The van der Waals surface area contributed by atoms with Gasteiger partial charge in [-0.15, -0.1) is 0 Å². The van der Waals surface area contributed by atoms with Gasteiger partial charge < -0.3 is 10.2 Å². The summed E-state index contributed by atoms with van der Waals surface area (Å²) in [5.74, 6) is -0.0838. The van der Waals surface area contributed by atoms with Crippen molar-refractivity contribution in [3.05, 3.63) is 28.8 Å². The van der Waals surface area contributed by atoms with Gasteiger partial charge in [-0.2, -0.15) is 0 Å². The summed E-state index contributed by atoms with van der Waals surface area (Å²) in [4.78, 5) is 38.6. The average molecular weight is 378 g/mol. The van der Waals surface area contributed by atoms with Gasteiger partial charge in [0.05, 0.1) is 0 Å². The number of rotatable bonds is 6. The average Bonchev–Trinajstić information content (AvgIpc) is 3.20. The number of nitrogens with one attached hydrogen (secondary N) is 1. The molecular weight excluding hydrogens is 354 g/mol. The maximum absolute atomic E-state index is 12.0. The van der Waals surface area contributed by atoms with Crippen molar-refractivity contribution < 1.29 is 14.4 Å². The lowest BCUT2D eigenvalue weighted by atomic mass is 10.1. The molecule has 3 amide bonds. The molecular formula is C19H24ClN3O3. The van der Waals surface area contributed by atoms with Gasteiger partial charge in [0.2, 0.25) is 17.7 Å². The molecule has 2 aliphatic heterocycles. The highest BCUT2D eigenvalue weighted by Gasteiger charge is 2.29. The Labute approximate surface area is 158 Å². The van der Waals surface area contributed by atoms with Gasteiger partial charge in [0.15, 0.2) is 0 Å². The van der Waals surface area contributed by atoms with Gasteiger partial charge in [0.1, 0.15) is 0 Å². The van der Waals surface area contributed by atoms with Gasteiger partial charge >= 0.3 is 0 Å². The van der Waals surface area contributed by atoms with Crippen molar-refractivity contribution in [1.29, 1.82) is 0 Å². The first-order valence-corrected chi connectivity index (χ1v) is 9.43. The van der Waals surface area contributed by atoms with Crippen molar-refractivity contribution >= 4 is 35.0 Å². The Bertz CT molecular complexity index is 706. The van der Waals surface area contributed by atoms with E-state index in [0.29, 0.717) is 12.5 Å². The number of hydrogen-bond donors (Lipinski definition) is 1. The Balaban J connectivity index is 1.43. The number of aryl methyl sites for hydroxylation is 1. The second-order valence-corrected chi connectivity index (χ2v) is 7.46. The first-order valence-electron chi connectivity index (χ1n) is 9.05. The maximum Gasteiger partial charge on any atom is 0.229 e. The van der Waals surface area contributed by atoms with Crippen LogP contribution in [-0.2, 0) is 14.4 Å². The SMILES string of the molecule is Cc1ccc(Cl)cc1N1CCC(CNC(=O)CCN2C(=O)CCC2=O)C1. The minimum absolute atomic E-state index is 0.116. The Kier molecular flexibility index (Phi) is 5.81. The lowest BCUT2D eigenvalue weighted by Gasteiger charge is -2.21. The number of carbonyl (C=O) groups excluding carboxylic acids is 3. The molecule has 0 aliphatic carbocycles. The lowest BCUT2D eigenvalue weighted by molar-refractivity contribution is -0.138. The molecule has 1 unspecified atom stereocenters. The van der Waals surface area contributed by atoms with Crippen molar-refractivity contribution in [3.8, 4) is 0 Å². The molecule has 1 aromatic rings. The highest BCUT2D eigenvalue weighted by molar-refractivity contribution is 6.30. The summed E-state index contributed by atoms with van der Waals surface area (Å²) in [5, 5.41) is 3.67. The number of anilines is 1. The van der Waals surface area contributed by atoms with E-state index in [0.717, 1.165) is 30.2 Å². The summed E-state index contributed by atoms with van der Waals surface area (Å²) >= 11 is 6.11. The fourth-order valence-corrected chi connectivity index (χ4v) is 3.74. The van der Waals surface area contributed by atoms with E-state index in [1.165, 1.54) is 10.5 Å². The minimum atomic E-state index is -0.175. The van der Waals surface area contributed by atoms with Crippen LogP contribution in [0.5, 0.6) is 0 Å². The highest BCUT2D eigenvalue weighted by Crippen LogP contribution is 2.29. The summed E-state index contributed by atoms with van der Waals surface area (Å²) in [6.45, 7) is 4.68. The molecule has 1 aromatic carbocycles. The van der Waals surface area contributed by atoms with Crippen LogP contribution in [0.1, 0.15) is 31.2 Å². The van der Waals surface area contributed by atoms with E-state index in [-0.39, 0.29) is 43.5 Å². The lowest BCUT2D eigenvalue weighted by Crippen LogP contribution is -2.36. The van der Waals surface area contributed by atoms with Crippen LogP contribution in [-0.4, -0.2) is 48.8 Å². The van der Waals surface area contributed by atoms with Gasteiger partial charge in [-0.25, -0.2) is 0 Å². The molecule has 1 N–H and O–H groups in total. The summed E-state index contributed by atoms with van der Waals surface area (Å²) < 4.78 is 0. The Morgan fingerprint density at radius 3 is 2.73 bits per heavy atom. The van der Waals surface area contributed by atoms with Crippen LogP contribution in [0.15, 0.2) is 18.2 Å². The van der Waals surface area contributed by atoms with E-state index in [1.54, 1.807) is 0 Å². The monoisotopic (exact) mass is 377 g/mol. The predicted octanol–water partition coefficient (Wildman–Crippen LogP) is 2.13. The summed E-state index contributed by atoms with van der Waals surface area (Å²) in [6, 6.07) is 5.90. The normalized spacial score (nSPS) is 20.2. The van der Waals surface area contributed by atoms with Crippen molar-refractivity contribution in [2.24, 2.45) is 5.92 Å². The number of halogens is 1. The molecule has 3 rings (SSSR count). The van der Waals surface area contributed by atoms with Crippen molar-refractivity contribution in [2.45, 2.75) is 32.6 Å². The number of benzene rings is 1. The van der Waals surface area contributed by atoms with Crippen LogP contribution in [0.4, 0.5) is 5.69 Å². The van der Waals surface area contributed by atoms with Crippen LogP contribution in [0, 0.1) is 12.8 Å². The summed E-state index contributed by atoms with van der Waals surface area (Å²) in [6.07, 6.45) is 1.71. The molecule has 0 spiro atoms. The molecule has 2 aliphatic rings. The number of hydrogen-bond acceptors (Lipinski definition) is 4. The first kappa shape index (κ1) is 18.7. The van der Waals surface area contributed by atoms with Gasteiger partial charge in [-0.3, -0.25) is 19.3 Å². The smallest absolute Gasteiger partial charge is 0.229 e. The van der Waals surface area contributed by atoms with E-state index in [4.69, 9.17) is 11.6 Å². The largest absolute Gasteiger partial charge is 0.371 e. The first-order chi connectivity index (χ1) is 12.4. The Morgan fingerprint density at radius 2 is 2.00 bits per heavy atom. The fourth-order valence-electron chi connectivity index (χ4n) is 3.57. The molecule has 2 heterocycles. The third-order valence-corrected chi connectivity index (χ3v) is 5.34. The topological polar surface area (TPSA) is 69.7 Å². The Hall–Kier alpha value is -2.08. The molecule has 0 saturated carbocycles. The molecule has 2 fully saturated rings. The summed E-state index contributed by atoms with van der Waals surface area (Å²) in [7, 11) is 0. The second kappa shape index (κ2) is 8.08. The van der Waals surface area contributed by atoms with Gasteiger partial charge in [0.25, 0.3) is 0 Å². The fraction of sp³-hybridized carbons (Fsp3) is 0.526. The van der Waals surface area contributed by atoms with E-state index in [9.17, 15) is 14.4 Å². The molecule has 6 nitrogen and oxygen atoms in total. The van der Waals surface area contributed by atoms with Gasteiger partial charge in [-0.1, -0.05) is 17.7 Å². The number of carbonyl (C=O) groups is 3. The standard InChI is InChI=1S/C19H24ClN3O3/c1-13-2-3-15(20)10-16(13)22-8-6-14(12-22)11-21-17(24)7-9-23-18(25)4-5-19(23)26/h2-3,10,14H,4-9,11-12H2,1H3,(H,21,24). The Morgan fingerprint density at radius 1 is 1.27 bits per heavy atom. The van der Waals surface area contributed by atoms with Crippen LogP contribution >= 0.6 is 11.6 Å². The molecule has 7 heteroatoms. The summed E-state index contributed by atoms with van der Waals surface area (Å²) in [5.41, 5.74) is 2.34. The van der Waals surface area contributed by atoms with E-state index in [1.807, 2.05) is 18.2 Å².